The zero-order valence-corrected chi connectivity index (χ0v) is 12.0. The fourth-order valence-electron chi connectivity index (χ4n) is 2.60. The molecular weight excluding hydrogens is 268 g/mol. The highest BCUT2D eigenvalue weighted by Crippen LogP contribution is 2.23. The van der Waals surface area contributed by atoms with Crippen molar-refractivity contribution in [3.05, 3.63) is 35.4 Å². The van der Waals surface area contributed by atoms with Crippen LogP contribution in [0.2, 0.25) is 0 Å². The highest BCUT2D eigenvalue weighted by Gasteiger charge is 2.28. The Balaban J connectivity index is 1.68. The first-order chi connectivity index (χ1) is 10.2. The minimum atomic E-state index is -0.271. The number of nitrogens with zero attached hydrogens (tertiary/aromatic N) is 5. The standard InChI is InChI=1S/C14H18N6O/c1-10-5-6-15-11(8-10)9-16-14(21)12-4-2-3-7-20-13(12)17-18-19-20/h5-6,8,12H,2-4,7,9H2,1H3,(H,16,21)/t12-/m0/s1. The van der Waals surface area contributed by atoms with E-state index in [2.05, 4.69) is 25.8 Å². The number of aryl methyl sites for hydroxylation is 2. The van der Waals surface area contributed by atoms with E-state index in [4.69, 9.17) is 0 Å². The molecule has 0 radical (unpaired) electrons. The van der Waals surface area contributed by atoms with Gasteiger partial charge in [-0.2, -0.15) is 0 Å². The van der Waals surface area contributed by atoms with Crippen LogP contribution in [0.3, 0.4) is 0 Å². The molecule has 0 aromatic carbocycles. The number of nitrogens with one attached hydrogen (secondary N) is 1. The third-order valence-corrected chi connectivity index (χ3v) is 3.72. The highest BCUT2D eigenvalue weighted by molar-refractivity contribution is 5.82. The number of fused-ring (bicyclic) bond motifs is 1. The molecule has 3 rings (SSSR count). The lowest BCUT2D eigenvalue weighted by atomic mass is 10.0. The summed E-state index contributed by atoms with van der Waals surface area (Å²) in [5.74, 6) is 0.366. The molecule has 1 amide bonds. The number of carbonyl (C=O) groups is 1. The van der Waals surface area contributed by atoms with E-state index in [9.17, 15) is 4.79 Å². The molecule has 1 N–H and O–H groups in total. The monoisotopic (exact) mass is 286 g/mol. The molecular formula is C14H18N6O. The molecule has 2 aromatic rings. The number of rotatable bonds is 3. The molecule has 0 spiro atoms. The maximum absolute atomic E-state index is 12.4. The van der Waals surface area contributed by atoms with Crippen LogP contribution >= 0.6 is 0 Å². The first-order valence-corrected chi connectivity index (χ1v) is 7.19. The van der Waals surface area contributed by atoms with Crippen molar-refractivity contribution in [3.8, 4) is 0 Å². The molecule has 2 aromatic heterocycles. The molecule has 1 atom stereocenters. The van der Waals surface area contributed by atoms with E-state index >= 15 is 0 Å². The molecule has 0 unspecified atom stereocenters. The number of carbonyl (C=O) groups excluding carboxylic acids is 1. The Morgan fingerprint density at radius 2 is 2.38 bits per heavy atom. The lowest BCUT2D eigenvalue weighted by Gasteiger charge is -2.13. The minimum Gasteiger partial charge on any atom is -0.350 e. The van der Waals surface area contributed by atoms with Crippen molar-refractivity contribution in [2.45, 2.75) is 45.2 Å². The summed E-state index contributed by atoms with van der Waals surface area (Å²) in [6.45, 7) is 3.22. The van der Waals surface area contributed by atoms with Crippen LogP contribution in [-0.4, -0.2) is 31.1 Å². The Bertz CT molecular complexity index is 638. The molecule has 0 fully saturated rings. The third kappa shape index (κ3) is 3.07. The van der Waals surface area contributed by atoms with E-state index in [1.165, 1.54) is 0 Å². The summed E-state index contributed by atoms with van der Waals surface area (Å²) in [5, 5.41) is 14.6. The summed E-state index contributed by atoms with van der Waals surface area (Å²) < 4.78 is 1.74. The largest absolute Gasteiger partial charge is 0.350 e. The van der Waals surface area contributed by atoms with Crippen LogP contribution in [0.15, 0.2) is 18.3 Å². The summed E-state index contributed by atoms with van der Waals surface area (Å²) in [6.07, 6.45) is 4.53. The molecule has 0 saturated carbocycles. The van der Waals surface area contributed by atoms with Gasteiger partial charge in [-0.15, -0.1) is 5.10 Å². The topological polar surface area (TPSA) is 85.6 Å². The lowest BCUT2D eigenvalue weighted by Crippen LogP contribution is -2.30. The molecule has 0 saturated heterocycles. The first-order valence-electron chi connectivity index (χ1n) is 7.19. The predicted molar refractivity (Wildman–Crippen MR) is 75.2 cm³/mol. The molecule has 0 bridgehead atoms. The Hall–Kier alpha value is -2.31. The van der Waals surface area contributed by atoms with Crippen molar-refractivity contribution in [1.29, 1.82) is 0 Å². The molecule has 3 heterocycles. The van der Waals surface area contributed by atoms with Gasteiger partial charge in [-0.05, 0) is 47.9 Å². The highest BCUT2D eigenvalue weighted by atomic mass is 16.1. The molecule has 1 aliphatic heterocycles. The number of amides is 1. The van der Waals surface area contributed by atoms with Gasteiger partial charge in [0, 0.05) is 12.7 Å². The van der Waals surface area contributed by atoms with Crippen molar-refractivity contribution < 1.29 is 4.79 Å². The van der Waals surface area contributed by atoms with Crippen LogP contribution in [0.25, 0.3) is 0 Å². The fourth-order valence-corrected chi connectivity index (χ4v) is 2.60. The normalized spacial score (nSPS) is 17.9. The second-order valence-corrected chi connectivity index (χ2v) is 5.35. The van der Waals surface area contributed by atoms with Crippen LogP contribution in [-0.2, 0) is 17.9 Å². The maximum atomic E-state index is 12.4. The average molecular weight is 286 g/mol. The number of hydrogen-bond acceptors (Lipinski definition) is 5. The van der Waals surface area contributed by atoms with Gasteiger partial charge in [0.1, 0.15) is 0 Å². The van der Waals surface area contributed by atoms with Gasteiger partial charge in [0.2, 0.25) is 5.91 Å². The summed E-state index contributed by atoms with van der Waals surface area (Å²) >= 11 is 0. The predicted octanol–water partition coefficient (Wildman–Crippen LogP) is 0.960. The number of hydrogen-bond donors (Lipinski definition) is 1. The Labute approximate surface area is 122 Å². The minimum absolute atomic E-state index is 0.0312. The van der Waals surface area contributed by atoms with Crippen LogP contribution in [0.5, 0.6) is 0 Å². The second-order valence-electron chi connectivity index (χ2n) is 5.35. The van der Waals surface area contributed by atoms with Crippen molar-refractivity contribution in [1.82, 2.24) is 30.5 Å². The van der Waals surface area contributed by atoms with Gasteiger partial charge < -0.3 is 5.32 Å². The summed E-state index contributed by atoms with van der Waals surface area (Å²) in [7, 11) is 0. The zero-order valence-electron chi connectivity index (χ0n) is 12.0. The Morgan fingerprint density at radius 1 is 1.48 bits per heavy atom. The second kappa shape index (κ2) is 5.99. The summed E-state index contributed by atoms with van der Waals surface area (Å²) in [5.41, 5.74) is 1.99. The first kappa shape index (κ1) is 13.7. The Morgan fingerprint density at radius 3 is 3.24 bits per heavy atom. The maximum Gasteiger partial charge on any atom is 0.231 e. The molecule has 1 aliphatic rings. The van der Waals surface area contributed by atoms with Gasteiger partial charge >= 0.3 is 0 Å². The van der Waals surface area contributed by atoms with Gasteiger partial charge in [-0.3, -0.25) is 9.78 Å². The molecule has 7 nitrogen and oxygen atoms in total. The number of tetrazole rings is 1. The van der Waals surface area contributed by atoms with E-state index < -0.39 is 0 Å². The van der Waals surface area contributed by atoms with E-state index in [1.54, 1.807) is 10.9 Å². The van der Waals surface area contributed by atoms with E-state index in [0.29, 0.717) is 12.4 Å². The van der Waals surface area contributed by atoms with Gasteiger partial charge in [-0.25, -0.2) is 4.68 Å². The van der Waals surface area contributed by atoms with Crippen molar-refractivity contribution in [2.75, 3.05) is 0 Å². The lowest BCUT2D eigenvalue weighted by molar-refractivity contribution is -0.123. The fraction of sp³-hybridized carbons (Fsp3) is 0.500. The quantitative estimate of drug-likeness (QED) is 0.908. The molecule has 110 valence electrons. The van der Waals surface area contributed by atoms with Crippen LogP contribution in [0, 0.1) is 6.92 Å². The van der Waals surface area contributed by atoms with Crippen molar-refractivity contribution in [3.63, 3.8) is 0 Å². The van der Waals surface area contributed by atoms with E-state index in [-0.39, 0.29) is 11.8 Å². The SMILES string of the molecule is Cc1ccnc(CNC(=O)[C@H]2CCCCn3nnnc32)c1. The van der Waals surface area contributed by atoms with Crippen molar-refractivity contribution >= 4 is 5.91 Å². The van der Waals surface area contributed by atoms with Crippen molar-refractivity contribution in [2.24, 2.45) is 0 Å². The van der Waals surface area contributed by atoms with Crippen LogP contribution in [0.1, 0.15) is 42.3 Å². The summed E-state index contributed by atoms with van der Waals surface area (Å²) in [6, 6.07) is 3.90. The third-order valence-electron chi connectivity index (χ3n) is 3.72. The van der Waals surface area contributed by atoms with Crippen LogP contribution in [0.4, 0.5) is 0 Å². The summed E-state index contributed by atoms with van der Waals surface area (Å²) in [4.78, 5) is 16.7. The van der Waals surface area contributed by atoms with Gasteiger partial charge in [-0.1, -0.05) is 6.42 Å². The average Bonchev–Trinajstić information content (AvgIpc) is 2.84. The van der Waals surface area contributed by atoms with E-state index in [0.717, 1.165) is 37.1 Å². The number of pyridine rings is 1. The number of aromatic nitrogens is 5. The molecule has 7 heteroatoms. The van der Waals surface area contributed by atoms with Crippen LogP contribution < -0.4 is 5.32 Å². The molecule has 0 aliphatic carbocycles. The van der Waals surface area contributed by atoms with E-state index in [1.807, 2.05) is 19.1 Å². The van der Waals surface area contributed by atoms with Gasteiger partial charge in [0.15, 0.2) is 5.82 Å². The zero-order chi connectivity index (χ0) is 14.7. The van der Waals surface area contributed by atoms with Gasteiger partial charge in [0.05, 0.1) is 18.2 Å². The molecule has 21 heavy (non-hydrogen) atoms. The van der Waals surface area contributed by atoms with Gasteiger partial charge in [0.25, 0.3) is 0 Å². The smallest absolute Gasteiger partial charge is 0.231 e. The Kier molecular flexibility index (Phi) is 3.89.